The zero-order valence-electron chi connectivity index (χ0n) is 7.68. The fourth-order valence-electron chi connectivity index (χ4n) is 0.945. The topological polar surface area (TPSA) is 63.2 Å². The summed E-state index contributed by atoms with van der Waals surface area (Å²) in [4.78, 5) is 11.0. The summed E-state index contributed by atoms with van der Waals surface area (Å²) in [7, 11) is 4.11. The van der Waals surface area contributed by atoms with Crippen LogP contribution >= 0.6 is 0 Å². The van der Waals surface area contributed by atoms with E-state index in [4.69, 9.17) is 18.9 Å². The summed E-state index contributed by atoms with van der Waals surface area (Å²) in [5, 5.41) is 0. The van der Waals surface area contributed by atoms with Crippen molar-refractivity contribution in [2.24, 2.45) is 0 Å². The molecule has 0 aromatic heterocycles. The molecule has 2 unspecified atom stereocenters. The van der Waals surface area contributed by atoms with Crippen molar-refractivity contribution in [3.8, 4) is 0 Å². The Morgan fingerprint density at radius 2 is 1.54 bits per heavy atom. The first-order valence-electron chi connectivity index (χ1n) is 3.67. The summed E-state index contributed by atoms with van der Waals surface area (Å²) in [6.45, 7) is 0. The highest BCUT2D eigenvalue weighted by Gasteiger charge is 2.41. The van der Waals surface area contributed by atoms with E-state index in [2.05, 4.69) is 4.74 Å². The smallest absolute Gasteiger partial charge is 0.363 e. The third kappa shape index (κ3) is 2.16. The minimum Gasteiger partial charge on any atom is -0.465 e. The maximum atomic E-state index is 11.0. The van der Waals surface area contributed by atoms with Gasteiger partial charge in [-0.25, -0.2) is 4.79 Å². The second-order valence-corrected chi connectivity index (χ2v) is 2.34. The van der Waals surface area contributed by atoms with E-state index in [1.807, 2.05) is 0 Å². The Bertz CT molecular complexity index is 170. The van der Waals surface area contributed by atoms with Crippen LogP contribution in [0, 0.1) is 0 Å². The minimum absolute atomic E-state index is 0.610. The molecule has 1 aliphatic rings. The first kappa shape index (κ1) is 10.4. The second-order valence-electron chi connectivity index (χ2n) is 2.34. The molecule has 0 amide bonds. The number of rotatable bonds is 3. The molecular formula is C7H12O6. The van der Waals surface area contributed by atoms with Crippen LogP contribution in [-0.2, 0) is 28.5 Å². The Labute approximate surface area is 75.7 Å². The lowest BCUT2D eigenvalue weighted by Gasteiger charge is -2.11. The van der Waals surface area contributed by atoms with E-state index in [1.54, 1.807) is 0 Å². The van der Waals surface area contributed by atoms with Crippen LogP contribution < -0.4 is 0 Å². The van der Waals surface area contributed by atoms with Crippen LogP contribution in [0.15, 0.2) is 0 Å². The molecule has 1 heterocycles. The zero-order chi connectivity index (χ0) is 9.84. The van der Waals surface area contributed by atoms with Crippen LogP contribution in [0.3, 0.4) is 0 Å². The summed E-state index contributed by atoms with van der Waals surface area (Å²) in [6.07, 6.45) is -2.47. The van der Waals surface area contributed by atoms with Crippen molar-refractivity contribution in [1.29, 1.82) is 0 Å². The Hall–Kier alpha value is -0.690. The molecule has 1 saturated heterocycles. The van der Waals surface area contributed by atoms with E-state index >= 15 is 0 Å². The first-order valence-corrected chi connectivity index (χ1v) is 3.67. The lowest BCUT2D eigenvalue weighted by molar-refractivity contribution is -0.182. The summed E-state index contributed by atoms with van der Waals surface area (Å²) >= 11 is 0. The molecule has 6 heteroatoms. The molecule has 76 valence electrons. The fourth-order valence-corrected chi connectivity index (χ4v) is 0.945. The predicted molar refractivity (Wildman–Crippen MR) is 39.6 cm³/mol. The van der Waals surface area contributed by atoms with E-state index in [0.29, 0.717) is 0 Å². The maximum Gasteiger partial charge on any atom is 0.363 e. The fraction of sp³-hybridized carbons (Fsp3) is 0.857. The highest BCUT2D eigenvalue weighted by atomic mass is 16.9. The van der Waals surface area contributed by atoms with Gasteiger partial charge in [0.1, 0.15) is 0 Å². The number of hydrogen-bond donors (Lipinski definition) is 0. The van der Waals surface area contributed by atoms with Crippen molar-refractivity contribution in [3.05, 3.63) is 0 Å². The van der Waals surface area contributed by atoms with Crippen LogP contribution in [0.5, 0.6) is 0 Å². The van der Waals surface area contributed by atoms with E-state index in [-0.39, 0.29) is 0 Å². The summed E-state index contributed by atoms with van der Waals surface area (Å²) in [5.41, 5.74) is 0. The third-order valence-electron chi connectivity index (χ3n) is 1.60. The van der Waals surface area contributed by atoms with Crippen LogP contribution in [0.2, 0.25) is 0 Å². The van der Waals surface area contributed by atoms with Gasteiger partial charge >= 0.3 is 5.97 Å². The number of methoxy groups -OCH3 is 3. The highest BCUT2D eigenvalue weighted by Crippen LogP contribution is 2.20. The largest absolute Gasteiger partial charge is 0.465 e. The van der Waals surface area contributed by atoms with Crippen molar-refractivity contribution in [3.63, 3.8) is 0 Å². The average Bonchev–Trinajstić information content (AvgIpc) is 2.59. The van der Waals surface area contributed by atoms with Gasteiger partial charge in [-0.05, 0) is 0 Å². The molecule has 0 saturated carbocycles. The van der Waals surface area contributed by atoms with Gasteiger partial charge in [-0.3, -0.25) is 0 Å². The molecule has 0 N–H and O–H groups in total. The third-order valence-corrected chi connectivity index (χ3v) is 1.60. The highest BCUT2D eigenvalue weighted by molar-refractivity contribution is 5.73. The van der Waals surface area contributed by atoms with Gasteiger partial charge in [0.05, 0.1) is 7.11 Å². The lowest BCUT2D eigenvalue weighted by Crippen LogP contribution is -2.25. The van der Waals surface area contributed by atoms with Crippen molar-refractivity contribution < 1.29 is 28.5 Å². The van der Waals surface area contributed by atoms with Crippen LogP contribution in [0.25, 0.3) is 0 Å². The van der Waals surface area contributed by atoms with E-state index in [9.17, 15) is 4.79 Å². The molecule has 0 aromatic carbocycles. The van der Waals surface area contributed by atoms with Gasteiger partial charge < -0.3 is 23.7 Å². The first-order chi connectivity index (χ1) is 6.22. The Kier molecular flexibility index (Phi) is 3.61. The van der Waals surface area contributed by atoms with Crippen molar-refractivity contribution in [2.75, 3.05) is 21.3 Å². The van der Waals surface area contributed by atoms with Crippen LogP contribution in [0.4, 0.5) is 0 Å². The molecule has 1 rings (SSSR count). The van der Waals surface area contributed by atoms with E-state index in [0.717, 1.165) is 0 Å². The van der Waals surface area contributed by atoms with Crippen molar-refractivity contribution in [2.45, 2.75) is 18.9 Å². The van der Waals surface area contributed by atoms with Gasteiger partial charge in [-0.2, -0.15) is 0 Å². The number of hydrogen-bond acceptors (Lipinski definition) is 6. The van der Waals surface area contributed by atoms with Gasteiger partial charge in [0.2, 0.25) is 12.6 Å². The molecule has 1 fully saturated rings. The van der Waals surface area contributed by atoms with Gasteiger partial charge in [-0.15, -0.1) is 0 Å². The Balaban J connectivity index is 2.52. The number of esters is 1. The molecule has 13 heavy (non-hydrogen) atoms. The van der Waals surface area contributed by atoms with Gasteiger partial charge in [0.15, 0.2) is 0 Å². The Morgan fingerprint density at radius 1 is 1.08 bits per heavy atom. The standard InChI is InChI=1S/C7H12O6/c1-9-4(8)5-12-6(10-2)7(11-3)13-5/h5-7H,1-3H3. The summed E-state index contributed by atoms with van der Waals surface area (Å²) < 4.78 is 24.2. The van der Waals surface area contributed by atoms with Crippen molar-refractivity contribution in [1.82, 2.24) is 0 Å². The summed E-state index contributed by atoms with van der Waals surface area (Å²) in [5.74, 6) is -0.610. The minimum atomic E-state index is -1.07. The Morgan fingerprint density at radius 3 is 1.85 bits per heavy atom. The van der Waals surface area contributed by atoms with E-state index in [1.165, 1.54) is 21.3 Å². The summed E-state index contributed by atoms with van der Waals surface area (Å²) in [6, 6.07) is 0. The predicted octanol–water partition coefficient (Wildman–Crippen LogP) is -0.523. The van der Waals surface area contributed by atoms with Gasteiger partial charge in [-0.1, -0.05) is 0 Å². The average molecular weight is 192 g/mol. The molecule has 6 nitrogen and oxygen atoms in total. The van der Waals surface area contributed by atoms with E-state index < -0.39 is 24.8 Å². The number of ether oxygens (including phenoxy) is 5. The lowest BCUT2D eigenvalue weighted by atomic mass is 10.6. The zero-order valence-corrected chi connectivity index (χ0v) is 7.68. The monoisotopic (exact) mass is 192 g/mol. The van der Waals surface area contributed by atoms with Crippen LogP contribution in [0.1, 0.15) is 0 Å². The van der Waals surface area contributed by atoms with Gasteiger partial charge in [0.25, 0.3) is 6.29 Å². The molecule has 0 aliphatic carbocycles. The number of carbonyl (C=O) groups excluding carboxylic acids is 1. The molecular weight excluding hydrogens is 180 g/mol. The molecule has 0 bridgehead atoms. The molecule has 0 spiro atoms. The maximum absolute atomic E-state index is 11.0. The molecule has 1 aliphatic heterocycles. The second kappa shape index (κ2) is 4.52. The quantitative estimate of drug-likeness (QED) is 0.560. The number of carbonyl (C=O) groups is 1. The van der Waals surface area contributed by atoms with Gasteiger partial charge in [0, 0.05) is 14.2 Å². The molecule has 0 aromatic rings. The van der Waals surface area contributed by atoms with Crippen molar-refractivity contribution >= 4 is 5.97 Å². The molecule has 0 radical (unpaired) electrons. The normalized spacial score (nSPS) is 33.3. The molecule has 2 atom stereocenters. The SMILES string of the molecule is COC(=O)C1OC(OC)C(OC)O1. The van der Waals surface area contributed by atoms with Crippen LogP contribution in [-0.4, -0.2) is 46.2 Å².